The van der Waals surface area contributed by atoms with Crippen LogP contribution in [0.2, 0.25) is 10.0 Å². The normalized spacial score (nSPS) is 11.6. The molecule has 3 heteroatoms. The summed E-state index contributed by atoms with van der Waals surface area (Å²) >= 11 is 11.9. The first-order valence-electron chi connectivity index (χ1n) is 6.28. The lowest BCUT2D eigenvalue weighted by molar-refractivity contribution is 0.581. The van der Waals surface area contributed by atoms with Crippen LogP contribution in [0.25, 0.3) is 0 Å². The second-order valence-corrected chi connectivity index (χ2v) is 4.49. The second-order valence-electron chi connectivity index (χ2n) is 3.67. The Morgan fingerprint density at radius 1 is 1.18 bits per heavy atom. The molecule has 0 bridgehead atoms. The van der Waals surface area contributed by atoms with E-state index in [0.717, 1.165) is 19.4 Å². The van der Waals surface area contributed by atoms with Crippen LogP contribution in [-0.4, -0.2) is 13.6 Å². The van der Waals surface area contributed by atoms with Crippen molar-refractivity contribution in [1.82, 2.24) is 5.32 Å². The average molecular weight is 276 g/mol. The lowest BCUT2D eigenvalue weighted by atomic mass is 9.93. The maximum atomic E-state index is 6.00. The standard InChI is InChI=1S/C12H17Cl2N.C2H6/c1-3-9(6-7-15-2)10-4-5-11(13)12(14)8-10;1-2/h4-5,8-9,15H,3,6-7H2,1-2H3;1-2H3. The topological polar surface area (TPSA) is 12.0 Å². The van der Waals surface area contributed by atoms with Gasteiger partial charge in [0.1, 0.15) is 0 Å². The summed E-state index contributed by atoms with van der Waals surface area (Å²) < 4.78 is 0. The molecule has 0 aliphatic rings. The molecule has 1 N–H and O–H groups in total. The van der Waals surface area contributed by atoms with Crippen molar-refractivity contribution in [1.29, 1.82) is 0 Å². The Kier molecular flexibility index (Phi) is 9.62. The molecule has 17 heavy (non-hydrogen) atoms. The highest BCUT2D eigenvalue weighted by atomic mass is 35.5. The van der Waals surface area contributed by atoms with Crippen molar-refractivity contribution in [2.45, 2.75) is 39.5 Å². The first kappa shape index (κ1) is 16.8. The zero-order chi connectivity index (χ0) is 13.3. The van der Waals surface area contributed by atoms with E-state index in [1.165, 1.54) is 5.56 Å². The predicted octanol–water partition coefficient (Wildman–Crippen LogP) is 5.12. The summed E-state index contributed by atoms with van der Waals surface area (Å²) in [5.74, 6) is 0.562. The quantitative estimate of drug-likeness (QED) is 0.786. The molecule has 0 radical (unpaired) electrons. The van der Waals surface area contributed by atoms with Crippen LogP contribution in [0.15, 0.2) is 18.2 Å². The third-order valence-electron chi connectivity index (χ3n) is 2.65. The molecular formula is C14H23Cl2N. The summed E-state index contributed by atoms with van der Waals surface area (Å²) in [6.45, 7) is 7.22. The van der Waals surface area contributed by atoms with E-state index in [9.17, 15) is 0 Å². The minimum atomic E-state index is 0.562. The van der Waals surface area contributed by atoms with Gasteiger partial charge in [0, 0.05) is 0 Å². The maximum Gasteiger partial charge on any atom is 0.0595 e. The van der Waals surface area contributed by atoms with Crippen LogP contribution < -0.4 is 5.32 Å². The van der Waals surface area contributed by atoms with Gasteiger partial charge in [0.25, 0.3) is 0 Å². The van der Waals surface area contributed by atoms with E-state index in [1.807, 2.05) is 33.0 Å². The zero-order valence-electron chi connectivity index (χ0n) is 11.2. The minimum absolute atomic E-state index is 0.562. The van der Waals surface area contributed by atoms with Crippen molar-refractivity contribution in [3.05, 3.63) is 33.8 Å². The first-order chi connectivity index (χ1) is 8.19. The fraction of sp³-hybridized carbons (Fsp3) is 0.571. The number of hydrogen-bond acceptors (Lipinski definition) is 1. The van der Waals surface area contributed by atoms with Crippen LogP contribution in [0.3, 0.4) is 0 Å². The third-order valence-corrected chi connectivity index (χ3v) is 3.39. The smallest absolute Gasteiger partial charge is 0.0595 e. The van der Waals surface area contributed by atoms with Crippen LogP contribution in [0.5, 0.6) is 0 Å². The molecule has 0 saturated carbocycles. The molecule has 1 nitrogen and oxygen atoms in total. The summed E-state index contributed by atoms with van der Waals surface area (Å²) in [7, 11) is 1.97. The lowest BCUT2D eigenvalue weighted by Crippen LogP contribution is -2.11. The summed E-state index contributed by atoms with van der Waals surface area (Å²) in [5.41, 5.74) is 1.28. The molecule has 0 aliphatic heterocycles. The Balaban J connectivity index is 0.00000121. The van der Waals surface area contributed by atoms with Gasteiger partial charge < -0.3 is 5.32 Å². The van der Waals surface area contributed by atoms with Gasteiger partial charge in [-0.15, -0.1) is 0 Å². The first-order valence-corrected chi connectivity index (χ1v) is 7.04. The SMILES string of the molecule is CC.CCC(CCNC)c1ccc(Cl)c(Cl)c1. The number of benzene rings is 1. The largest absolute Gasteiger partial charge is 0.320 e. The summed E-state index contributed by atoms with van der Waals surface area (Å²) in [4.78, 5) is 0. The highest BCUT2D eigenvalue weighted by Crippen LogP contribution is 2.29. The highest BCUT2D eigenvalue weighted by Gasteiger charge is 2.10. The molecule has 1 unspecified atom stereocenters. The van der Waals surface area contributed by atoms with Gasteiger partial charge >= 0.3 is 0 Å². The summed E-state index contributed by atoms with van der Waals surface area (Å²) in [6, 6.07) is 5.92. The molecule has 0 aromatic heterocycles. The molecule has 0 saturated heterocycles. The van der Waals surface area contributed by atoms with Gasteiger partial charge in [-0.1, -0.05) is 50.0 Å². The highest BCUT2D eigenvalue weighted by molar-refractivity contribution is 6.42. The number of hydrogen-bond donors (Lipinski definition) is 1. The van der Waals surface area contributed by atoms with Crippen LogP contribution in [-0.2, 0) is 0 Å². The van der Waals surface area contributed by atoms with Crippen LogP contribution >= 0.6 is 23.2 Å². The second kappa shape index (κ2) is 9.76. The molecule has 1 aromatic carbocycles. The van der Waals surface area contributed by atoms with E-state index >= 15 is 0 Å². The molecule has 1 aromatic rings. The Morgan fingerprint density at radius 2 is 1.82 bits per heavy atom. The van der Waals surface area contributed by atoms with E-state index in [1.54, 1.807) is 0 Å². The monoisotopic (exact) mass is 275 g/mol. The average Bonchev–Trinajstić information content (AvgIpc) is 2.37. The van der Waals surface area contributed by atoms with Crippen molar-refractivity contribution in [2.24, 2.45) is 0 Å². The summed E-state index contributed by atoms with van der Waals surface area (Å²) in [5, 5.41) is 4.45. The lowest BCUT2D eigenvalue weighted by Gasteiger charge is -2.15. The van der Waals surface area contributed by atoms with E-state index in [2.05, 4.69) is 18.3 Å². The van der Waals surface area contributed by atoms with Crippen molar-refractivity contribution >= 4 is 23.2 Å². The van der Waals surface area contributed by atoms with Gasteiger partial charge in [-0.25, -0.2) is 0 Å². The molecule has 0 spiro atoms. The number of halogens is 2. The Labute approximate surface area is 116 Å². The Morgan fingerprint density at radius 3 is 2.29 bits per heavy atom. The van der Waals surface area contributed by atoms with Gasteiger partial charge in [0.2, 0.25) is 0 Å². The molecule has 0 heterocycles. The molecule has 1 atom stereocenters. The Hall–Kier alpha value is -0.240. The van der Waals surface area contributed by atoms with Gasteiger partial charge in [-0.3, -0.25) is 0 Å². The van der Waals surface area contributed by atoms with Gasteiger partial charge in [0.15, 0.2) is 0 Å². The van der Waals surface area contributed by atoms with Crippen LogP contribution in [0, 0.1) is 0 Å². The molecule has 0 amide bonds. The molecule has 1 rings (SSSR count). The molecule has 0 aliphatic carbocycles. The van der Waals surface area contributed by atoms with Crippen LogP contribution in [0.1, 0.15) is 45.1 Å². The van der Waals surface area contributed by atoms with Crippen molar-refractivity contribution < 1.29 is 0 Å². The maximum absolute atomic E-state index is 6.00. The molecule has 98 valence electrons. The predicted molar refractivity (Wildman–Crippen MR) is 79.4 cm³/mol. The van der Waals surface area contributed by atoms with E-state index in [-0.39, 0.29) is 0 Å². The van der Waals surface area contributed by atoms with Crippen LogP contribution in [0.4, 0.5) is 0 Å². The fourth-order valence-corrected chi connectivity index (χ4v) is 2.00. The van der Waals surface area contributed by atoms with Crippen molar-refractivity contribution in [3.63, 3.8) is 0 Å². The third kappa shape index (κ3) is 5.76. The fourth-order valence-electron chi connectivity index (χ4n) is 1.69. The summed E-state index contributed by atoms with van der Waals surface area (Å²) in [6.07, 6.45) is 2.25. The van der Waals surface area contributed by atoms with Gasteiger partial charge in [-0.05, 0) is 50.0 Å². The van der Waals surface area contributed by atoms with E-state index in [0.29, 0.717) is 16.0 Å². The zero-order valence-corrected chi connectivity index (χ0v) is 12.7. The van der Waals surface area contributed by atoms with E-state index < -0.39 is 0 Å². The Bertz CT molecular complexity index is 313. The number of rotatable bonds is 5. The number of nitrogens with one attached hydrogen (secondary N) is 1. The minimum Gasteiger partial charge on any atom is -0.320 e. The van der Waals surface area contributed by atoms with Crippen molar-refractivity contribution in [2.75, 3.05) is 13.6 Å². The van der Waals surface area contributed by atoms with Gasteiger partial charge in [0.05, 0.1) is 10.0 Å². The molecular weight excluding hydrogens is 253 g/mol. The van der Waals surface area contributed by atoms with Gasteiger partial charge in [-0.2, -0.15) is 0 Å². The molecule has 0 fully saturated rings. The van der Waals surface area contributed by atoms with E-state index in [4.69, 9.17) is 23.2 Å². The van der Waals surface area contributed by atoms with Crippen molar-refractivity contribution in [3.8, 4) is 0 Å².